The van der Waals surface area contributed by atoms with E-state index < -0.39 is 0 Å². The largest absolute Gasteiger partial charge is 3.00 e. The molecule has 0 amide bonds. The van der Waals surface area contributed by atoms with Crippen molar-refractivity contribution in [2.45, 2.75) is 0 Å². The van der Waals surface area contributed by atoms with E-state index in [0.29, 0.717) is 0 Å². The topological polar surface area (TPSA) is 21.7 Å². The first-order chi connectivity index (χ1) is 13.2. The van der Waals surface area contributed by atoms with Gasteiger partial charge in [-0.3, -0.25) is 4.57 Å². The molecule has 2 aromatic heterocycles. The summed E-state index contributed by atoms with van der Waals surface area (Å²) in [6, 6.07) is 30.8. The van der Waals surface area contributed by atoms with Crippen LogP contribution in [-0.2, 0) is 46.8 Å². The van der Waals surface area contributed by atoms with Gasteiger partial charge in [-0.2, -0.15) is 42.0 Å². The molecule has 4 heteroatoms. The van der Waals surface area contributed by atoms with E-state index >= 15 is 0 Å². The molecule has 0 unspecified atom stereocenters. The van der Waals surface area contributed by atoms with Crippen molar-refractivity contribution in [1.29, 1.82) is 0 Å². The minimum absolute atomic E-state index is 0. The Morgan fingerprint density at radius 3 is 2.54 bits per heavy atom. The molecule has 2 heterocycles. The average Bonchev–Trinajstić information content (AvgIpc) is 3.04. The molecule has 0 saturated heterocycles. The summed E-state index contributed by atoms with van der Waals surface area (Å²) in [4.78, 5) is 4.58. The van der Waals surface area contributed by atoms with E-state index in [9.17, 15) is 0 Å². The molecule has 3 nitrogen and oxygen atoms in total. The Labute approximate surface area is 189 Å². The normalized spacial score (nSPS) is 10.9. The number of rotatable bonds is 2. The molecule has 0 N–H and O–H groups in total. The number of nitrogens with zero attached hydrogens (tertiary/aromatic N) is 3. The molecule has 0 aliphatic heterocycles. The van der Waals surface area contributed by atoms with E-state index in [1.807, 2.05) is 48.3 Å². The van der Waals surface area contributed by atoms with Crippen molar-refractivity contribution in [3.05, 3.63) is 85.2 Å². The molecule has 0 atom stereocenters. The molecule has 5 aromatic rings. The van der Waals surface area contributed by atoms with Crippen molar-refractivity contribution in [2.75, 3.05) is 0 Å². The number of fused-ring (bicyclic) bond motifs is 2. The molecule has 0 aliphatic carbocycles. The van der Waals surface area contributed by atoms with Gasteiger partial charge in [-0.1, -0.05) is 23.2 Å². The summed E-state index contributed by atoms with van der Waals surface area (Å²) < 4.78 is 4.22. The van der Waals surface area contributed by atoms with Crippen LogP contribution in [0.4, 0.5) is 0 Å². The van der Waals surface area contributed by atoms with Gasteiger partial charge in [0.2, 0.25) is 0 Å². The van der Waals surface area contributed by atoms with Gasteiger partial charge in [0.05, 0.1) is 12.7 Å². The summed E-state index contributed by atoms with van der Waals surface area (Å²) >= 11 is 0. The standard InChI is InChI=1S/C24H17N3.Y/c1-26-16-25-21-13-12-18(17-8-4-3-5-9-17)14-20(21)24(26)23-15-19-10-6-7-11-22(19)27(23)2;/h3-8,10-13,16H,1-2H3;/q-2;+3. The maximum atomic E-state index is 4.58. The van der Waals surface area contributed by atoms with Crippen molar-refractivity contribution < 1.29 is 37.3 Å². The average molecular weight is 436 g/mol. The summed E-state index contributed by atoms with van der Waals surface area (Å²) in [6.45, 7) is 0. The number of hydrogen-bond donors (Lipinski definition) is 0. The minimum Gasteiger partial charge on any atom is -0.396 e. The van der Waals surface area contributed by atoms with Gasteiger partial charge in [0.1, 0.15) is 5.52 Å². The van der Waals surface area contributed by atoms with E-state index in [1.165, 1.54) is 0 Å². The van der Waals surface area contributed by atoms with Crippen LogP contribution in [0.1, 0.15) is 0 Å². The van der Waals surface area contributed by atoms with Crippen molar-refractivity contribution in [1.82, 2.24) is 9.55 Å². The van der Waals surface area contributed by atoms with E-state index in [1.54, 1.807) is 0 Å². The molecular formula is C24H17N3Y+. The van der Waals surface area contributed by atoms with Crippen LogP contribution in [0.3, 0.4) is 0 Å². The predicted molar refractivity (Wildman–Crippen MR) is 107 cm³/mol. The van der Waals surface area contributed by atoms with Gasteiger partial charge in [0, 0.05) is 7.05 Å². The summed E-state index contributed by atoms with van der Waals surface area (Å²) in [5.41, 5.74) is 6.19. The fraction of sp³-hybridized carbons (Fsp3) is 0.0833. The number of hydrogen-bond acceptors (Lipinski definition) is 1. The Morgan fingerprint density at radius 1 is 0.929 bits per heavy atom. The molecule has 3 aromatic carbocycles. The summed E-state index contributed by atoms with van der Waals surface area (Å²) in [5.74, 6) is 0. The van der Waals surface area contributed by atoms with Crippen LogP contribution in [0.2, 0.25) is 0 Å². The van der Waals surface area contributed by atoms with Gasteiger partial charge in [-0.25, -0.2) is 5.56 Å². The zero-order valence-corrected chi connectivity index (χ0v) is 18.6. The van der Waals surface area contributed by atoms with Crippen LogP contribution >= 0.6 is 0 Å². The van der Waals surface area contributed by atoms with Crippen LogP contribution in [0.5, 0.6) is 0 Å². The van der Waals surface area contributed by atoms with Gasteiger partial charge in [0.15, 0.2) is 0 Å². The first-order valence-corrected chi connectivity index (χ1v) is 8.87. The van der Waals surface area contributed by atoms with Gasteiger partial charge in [-0.05, 0) is 16.6 Å². The van der Waals surface area contributed by atoms with Gasteiger partial charge in [0.25, 0.3) is 6.33 Å². The van der Waals surface area contributed by atoms with Crippen molar-refractivity contribution in [3.8, 4) is 22.5 Å². The quantitative estimate of drug-likeness (QED) is 0.299. The van der Waals surface area contributed by atoms with E-state index in [-0.39, 0.29) is 32.7 Å². The Kier molecular flexibility index (Phi) is 5.14. The molecule has 0 aliphatic rings. The molecule has 0 radical (unpaired) electrons. The second kappa shape index (κ2) is 7.58. The molecule has 28 heavy (non-hydrogen) atoms. The van der Waals surface area contributed by atoms with Gasteiger partial charge < -0.3 is 4.57 Å². The predicted octanol–water partition coefficient (Wildman–Crippen LogP) is 4.28. The Balaban J connectivity index is 0.00000192. The van der Waals surface area contributed by atoms with Crippen molar-refractivity contribution in [2.24, 2.45) is 14.1 Å². The second-order valence-electron chi connectivity index (χ2n) is 6.66. The fourth-order valence-electron chi connectivity index (χ4n) is 3.58. The third-order valence-corrected chi connectivity index (χ3v) is 4.96. The van der Waals surface area contributed by atoms with Crippen LogP contribution < -0.4 is 4.57 Å². The van der Waals surface area contributed by atoms with Gasteiger partial charge in [-0.15, -0.1) is 29.7 Å². The van der Waals surface area contributed by atoms with Crippen molar-refractivity contribution >= 4 is 21.8 Å². The molecule has 0 fully saturated rings. The Morgan fingerprint density at radius 2 is 1.75 bits per heavy atom. The maximum absolute atomic E-state index is 4.58. The summed E-state index contributed by atoms with van der Waals surface area (Å²) in [6.07, 6.45) is 1.85. The molecular weight excluding hydrogens is 419 g/mol. The van der Waals surface area contributed by atoms with E-state index in [4.69, 9.17) is 0 Å². The first-order valence-electron chi connectivity index (χ1n) is 8.87. The first kappa shape index (κ1) is 19.0. The molecule has 0 saturated carbocycles. The molecule has 0 spiro atoms. The number of aryl methyl sites for hydroxylation is 2. The van der Waals surface area contributed by atoms with Crippen LogP contribution in [0.25, 0.3) is 44.3 Å². The molecule has 130 valence electrons. The third kappa shape index (κ3) is 3.09. The van der Waals surface area contributed by atoms with Crippen LogP contribution in [0.15, 0.2) is 67.0 Å². The smallest absolute Gasteiger partial charge is 0.396 e. The monoisotopic (exact) mass is 436 g/mol. The maximum Gasteiger partial charge on any atom is 3.00 e. The summed E-state index contributed by atoms with van der Waals surface area (Å²) in [7, 11) is 4.09. The van der Waals surface area contributed by atoms with Gasteiger partial charge >= 0.3 is 32.7 Å². The molecule has 0 bridgehead atoms. The van der Waals surface area contributed by atoms with Crippen molar-refractivity contribution in [3.63, 3.8) is 0 Å². The number of para-hydroxylation sites is 1. The zero-order chi connectivity index (χ0) is 18.4. The Bertz CT molecular complexity index is 1290. The number of benzene rings is 3. The third-order valence-electron chi connectivity index (χ3n) is 4.96. The Hall–Kier alpha value is -2.36. The minimum atomic E-state index is 0. The second-order valence-corrected chi connectivity index (χ2v) is 6.66. The number of aromatic nitrogens is 3. The fourth-order valence-corrected chi connectivity index (χ4v) is 3.58. The van der Waals surface area contributed by atoms with Crippen LogP contribution in [-0.4, -0.2) is 9.55 Å². The zero-order valence-electron chi connectivity index (χ0n) is 15.8. The SMILES string of the molecule is Cn1c(-c2c3[c-]c(-c4[c-]cccc4)ccc3nc[n+]2C)[c-]c2ccccc21.[Y+3]. The molecule has 5 rings (SSSR count). The van der Waals surface area contributed by atoms with E-state index in [0.717, 1.165) is 44.3 Å². The summed E-state index contributed by atoms with van der Waals surface area (Å²) in [5, 5.41) is 2.09. The van der Waals surface area contributed by atoms with E-state index in [2.05, 4.69) is 65.1 Å². The van der Waals surface area contributed by atoms with Crippen LogP contribution in [0, 0.1) is 18.2 Å².